The highest BCUT2D eigenvalue weighted by Gasteiger charge is 2.17. The van der Waals surface area contributed by atoms with Crippen LogP contribution in [0, 0.1) is 0 Å². The molecule has 0 fully saturated rings. The van der Waals surface area contributed by atoms with Gasteiger partial charge in [0.2, 0.25) is 11.8 Å². The Labute approximate surface area is 256 Å². The summed E-state index contributed by atoms with van der Waals surface area (Å²) in [6.45, 7) is 9.79. The zero-order valence-corrected chi connectivity index (χ0v) is 26.9. The minimum Gasteiger partial charge on any atom is -0.475 e. The topological polar surface area (TPSA) is 126 Å². The minimum atomic E-state index is -0.712. The molecule has 12 heteroatoms. The number of hydrogen-bond donors (Lipinski definition) is 1. The van der Waals surface area contributed by atoms with Crippen LogP contribution in [0.5, 0.6) is 11.8 Å². The number of aromatic nitrogens is 4. The van der Waals surface area contributed by atoms with Gasteiger partial charge in [0, 0.05) is 21.8 Å². The zero-order valence-electron chi connectivity index (χ0n) is 23.7. The number of nitrogens with zero attached hydrogens (tertiary/aromatic N) is 4. The number of carbonyl (C=O) groups excluding carboxylic acids is 1. The van der Waals surface area contributed by atoms with Crippen molar-refractivity contribution < 1.29 is 28.8 Å². The molecule has 0 saturated carbocycles. The Kier molecular flexibility index (Phi) is 12.0. The molecule has 0 amide bonds. The average molecular weight is 694 g/mol. The van der Waals surface area contributed by atoms with E-state index in [1.54, 1.807) is 20.8 Å². The van der Waals surface area contributed by atoms with Crippen LogP contribution in [0.2, 0.25) is 0 Å². The summed E-state index contributed by atoms with van der Waals surface area (Å²) in [5, 5.41) is 10.5. The molecule has 2 heterocycles. The summed E-state index contributed by atoms with van der Waals surface area (Å²) in [6, 6.07) is 11.5. The van der Waals surface area contributed by atoms with E-state index in [0.29, 0.717) is 24.0 Å². The summed E-state index contributed by atoms with van der Waals surface area (Å²) < 4.78 is 23.1. The highest BCUT2D eigenvalue weighted by molar-refractivity contribution is 9.10. The lowest BCUT2D eigenvalue weighted by Gasteiger charge is -2.18. The molecule has 0 spiro atoms. The molecule has 41 heavy (non-hydrogen) atoms. The second-order valence-electron chi connectivity index (χ2n) is 9.65. The largest absolute Gasteiger partial charge is 0.508 e. The van der Waals surface area contributed by atoms with Crippen LogP contribution in [0.25, 0.3) is 21.8 Å². The summed E-state index contributed by atoms with van der Waals surface area (Å²) in [7, 11) is 0. The van der Waals surface area contributed by atoms with Gasteiger partial charge in [0.15, 0.2) is 0 Å². The van der Waals surface area contributed by atoms with Crippen molar-refractivity contribution in [1.82, 2.24) is 19.9 Å². The quantitative estimate of drug-likeness (QED) is 0.151. The number of fused-ring (bicyclic) bond motifs is 2. The van der Waals surface area contributed by atoms with Crippen LogP contribution in [-0.4, -0.2) is 63.2 Å². The minimum absolute atomic E-state index is 0.0268. The van der Waals surface area contributed by atoms with Crippen LogP contribution < -0.4 is 9.47 Å². The predicted molar refractivity (Wildman–Crippen MR) is 163 cm³/mol. The van der Waals surface area contributed by atoms with Gasteiger partial charge in [-0.3, -0.25) is 0 Å². The fraction of sp³-hybridized carbons (Fsp3) is 0.414. The van der Waals surface area contributed by atoms with Crippen LogP contribution in [0.15, 0.2) is 45.3 Å². The number of aliphatic hydroxyl groups excluding tert-OH is 1. The van der Waals surface area contributed by atoms with Crippen molar-refractivity contribution in [2.24, 2.45) is 0 Å². The first kappa shape index (κ1) is 32.4. The number of hydrogen-bond acceptors (Lipinski definition) is 10. The first-order valence-corrected chi connectivity index (χ1v) is 14.8. The van der Waals surface area contributed by atoms with E-state index >= 15 is 0 Å². The molecular formula is C29H34Br2N4O6. The molecule has 0 atom stereocenters. The van der Waals surface area contributed by atoms with Gasteiger partial charge >= 0.3 is 6.16 Å². The van der Waals surface area contributed by atoms with Gasteiger partial charge in [0.25, 0.3) is 0 Å². The third-order valence-electron chi connectivity index (χ3n) is 5.23. The fourth-order valence-corrected chi connectivity index (χ4v) is 4.18. The van der Waals surface area contributed by atoms with Gasteiger partial charge in [0.1, 0.15) is 37.1 Å². The van der Waals surface area contributed by atoms with E-state index in [1.807, 2.05) is 50.2 Å². The Hall–Kier alpha value is -3.09. The molecule has 0 aliphatic rings. The number of aliphatic hydroxyl groups is 1. The maximum atomic E-state index is 11.5. The first-order chi connectivity index (χ1) is 19.5. The second kappa shape index (κ2) is 15.2. The Bertz CT molecular complexity index is 1480. The molecule has 0 unspecified atom stereocenters. The van der Waals surface area contributed by atoms with Crippen molar-refractivity contribution in [1.29, 1.82) is 0 Å². The van der Waals surface area contributed by atoms with Crippen LogP contribution in [0.4, 0.5) is 4.79 Å². The predicted octanol–water partition coefficient (Wildman–Crippen LogP) is 6.61. The number of halogens is 2. The summed E-state index contributed by atoms with van der Waals surface area (Å²) in [5.41, 5.74) is 1.09. The second-order valence-corrected chi connectivity index (χ2v) is 11.5. The highest BCUT2D eigenvalue weighted by atomic mass is 79.9. The van der Waals surface area contributed by atoms with Crippen LogP contribution in [0.3, 0.4) is 0 Å². The summed E-state index contributed by atoms with van der Waals surface area (Å²) in [4.78, 5) is 29.1. The first-order valence-electron chi connectivity index (χ1n) is 13.2. The molecule has 220 valence electrons. The molecule has 2 aromatic carbocycles. The third-order valence-corrected chi connectivity index (χ3v) is 6.22. The molecule has 0 bridgehead atoms. The van der Waals surface area contributed by atoms with E-state index in [9.17, 15) is 4.79 Å². The van der Waals surface area contributed by atoms with E-state index in [-0.39, 0.29) is 26.4 Å². The summed E-state index contributed by atoms with van der Waals surface area (Å²) in [5.74, 6) is 2.45. The van der Waals surface area contributed by atoms with Crippen molar-refractivity contribution in [2.75, 3.05) is 26.4 Å². The lowest BCUT2D eigenvalue weighted by atomic mass is 10.2. The molecule has 0 aliphatic carbocycles. The maximum absolute atomic E-state index is 11.5. The Morgan fingerprint density at radius 3 is 1.71 bits per heavy atom. The monoisotopic (exact) mass is 692 g/mol. The van der Waals surface area contributed by atoms with Crippen LogP contribution in [0.1, 0.15) is 46.3 Å². The van der Waals surface area contributed by atoms with Gasteiger partial charge in [-0.15, -0.1) is 0 Å². The molecule has 0 aliphatic heterocycles. The van der Waals surface area contributed by atoms with Gasteiger partial charge in [-0.1, -0.05) is 45.7 Å². The number of carbonyl (C=O) groups is 1. The fourth-order valence-electron chi connectivity index (χ4n) is 3.46. The lowest BCUT2D eigenvalue weighted by Crippen LogP contribution is -2.25. The number of benzene rings is 2. The Morgan fingerprint density at radius 1 is 0.780 bits per heavy atom. The van der Waals surface area contributed by atoms with Gasteiger partial charge in [-0.25, -0.2) is 14.8 Å². The molecule has 0 radical (unpaired) electrons. The molecule has 2 aromatic heterocycles. The molecule has 0 saturated heterocycles. The summed E-state index contributed by atoms with van der Waals surface area (Å²) >= 11 is 6.84. The van der Waals surface area contributed by atoms with Gasteiger partial charge in [-0.05, 0) is 57.2 Å². The van der Waals surface area contributed by atoms with E-state index < -0.39 is 11.8 Å². The van der Waals surface area contributed by atoms with Crippen molar-refractivity contribution in [3.8, 4) is 11.8 Å². The van der Waals surface area contributed by atoms with Gasteiger partial charge in [-0.2, -0.15) is 9.97 Å². The van der Waals surface area contributed by atoms with E-state index in [2.05, 4.69) is 51.8 Å². The van der Waals surface area contributed by atoms with Crippen molar-refractivity contribution >= 4 is 59.8 Å². The Morgan fingerprint density at radius 2 is 1.27 bits per heavy atom. The van der Waals surface area contributed by atoms with E-state index in [4.69, 9.17) is 24.1 Å². The van der Waals surface area contributed by atoms with Crippen molar-refractivity contribution in [2.45, 2.75) is 53.1 Å². The normalized spacial score (nSPS) is 11.1. The highest BCUT2D eigenvalue weighted by Crippen LogP contribution is 2.27. The molecule has 10 nitrogen and oxygen atoms in total. The smallest absolute Gasteiger partial charge is 0.475 e. The van der Waals surface area contributed by atoms with Crippen LogP contribution >= 0.6 is 31.9 Å². The van der Waals surface area contributed by atoms with Gasteiger partial charge < -0.3 is 24.1 Å². The summed E-state index contributed by atoms with van der Waals surface area (Å²) in [6.07, 6.45) is 0.744. The lowest BCUT2D eigenvalue weighted by molar-refractivity contribution is -0.0115. The van der Waals surface area contributed by atoms with Gasteiger partial charge in [0.05, 0.1) is 28.4 Å². The molecule has 4 aromatic rings. The van der Waals surface area contributed by atoms with Crippen LogP contribution in [-0.2, 0) is 22.3 Å². The molecule has 1 N–H and O–H groups in total. The van der Waals surface area contributed by atoms with Crippen molar-refractivity contribution in [3.05, 3.63) is 57.0 Å². The third kappa shape index (κ3) is 10.0. The molecule has 4 rings (SSSR count). The average Bonchev–Trinajstić information content (AvgIpc) is 2.93. The standard InChI is InChI=1S/C17H21BrN2O4.C12H13BrN2O2/c1-5-14-19-13-7-6-11(18)10-12(13)15(20-14)22-8-9-23-16(21)24-17(2,3)4;1-2-11-14-10-4-3-8(13)7-9(10)12(15-11)17-6-5-16/h6-7,10H,5,8-9H2,1-4H3;3-4,7,16H,2,5-6H2,1H3. The number of aryl methyl sites for hydroxylation is 2. The molecular weight excluding hydrogens is 660 g/mol. The SMILES string of the molecule is CCc1nc(OCCO)c2cc(Br)ccc2n1.CCc1nc(OCCOC(=O)OC(C)(C)C)c2cc(Br)ccc2n1. The van der Waals surface area contributed by atoms with Crippen molar-refractivity contribution in [3.63, 3.8) is 0 Å². The van der Waals surface area contributed by atoms with E-state index in [1.165, 1.54) is 0 Å². The maximum Gasteiger partial charge on any atom is 0.508 e. The number of ether oxygens (including phenoxy) is 4. The van der Waals surface area contributed by atoms with E-state index in [0.717, 1.165) is 43.0 Å². The Balaban J connectivity index is 0.000000239. The number of rotatable bonds is 9. The zero-order chi connectivity index (χ0) is 30.0.